The molecule has 3 aromatic carbocycles. The highest BCUT2D eigenvalue weighted by molar-refractivity contribution is 9.10. The summed E-state index contributed by atoms with van der Waals surface area (Å²) in [5, 5.41) is 0. The summed E-state index contributed by atoms with van der Waals surface area (Å²) >= 11 is 6.95. The van der Waals surface area contributed by atoms with Crippen LogP contribution in [0.5, 0.6) is 0 Å². The van der Waals surface area contributed by atoms with Crippen molar-refractivity contribution in [1.29, 1.82) is 0 Å². The number of rotatable bonds is 4. The number of hydrogen-bond donors (Lipinski definition) is 0. The number of Topliss-reactive ketones (excluding diaryl/α,β-unsaturated/α-hetero) is 1. The van der Waals surface area contributed by atoms with Crippen LogP contribution in [0.25, 0.3) is 27.8 Å². The zero-order chi connectivity index (χ0) is 20.8. The SMILES string of the molecule is Cc1c(-c2ccc(Br)cc2)cn2c3ccccc3n(CC(=O)c3ccc(Br)cc3)c12. The Morgan fingerprint density at radius 1 is 0.833 bits per heavy atom. The Morgan fingerprint density at radius 3 is 2.10 bits per heavy atom. The molecule has 2 aromatic heterocycles. The van der Waals surface area contributed by atoms with Crippen LogP contribution >= 0.6 is 31.9 Å². The third-order valence-corrected chi connectivity index (χ3v) is 6.59. The minimum Gasteiger partial charge on any atom is -0.318 e. The van der Waals surface area contributed by atoms with E-state index in [9.17, 15) is 4.79 Å². The lowest BCUT2D eigenvalue weighted by atomic mass is 10.1. The first-order valence-electron chi connectivity index (χ1n) is 9.66. The smallest absolute Gasteiger partial charge is 0.182 e. The molecule has 0 saturated heterocycles. The number of para-hydroxylation sites is 2. The molecule has 0 saturated carbocycles. The number of fused-ring (bicyclic) bond motifs is 3. The summed E-state index contributed by atoms with van der Waals surface area (Å²) in [6.07, 6.45) is 2.18. The molecule has 0 bridgehead atoms. The highest BCUT2D eigenvalue weighted by Crippen LogP contribution is 2.33. The molecule has 2 heterocycles. The van der Waals surface area contributed by atoms with Crippen LogP contribution in [-0.2, 0) is 6.54 Å². The van der Waals surface area contributed by atoms with Gasteiger partial charge in [-0.05, 0) is 54.4 Å². The van der Waals surface area contributed by atoms with Crippen molar-refractivity contribution in [2.45, 2.75) is 13.5 Å². The van der Waals surface area contributed by atoms with Crippen LogP contribution in [0.2, 0.25) is 0 Å². The number of hydrogen-bond acceptors (Lipinski definition) is 1. The van der Waals surface area contributed by atoms with Gasteiger partial charge in [-0.25, -0.2) is 0 Å². The minimum absolute atomic E-state index is 0.0940. The lowest BCUT2D eigenvalue weighted by Crippen LogP contribution is -2.10. The van der Waals surface area contributed by atoms with Crippen LogP contribution in [0, 0.1) is 6.92 Å². The monoisotopic (exact) mass is 520 g/mol. The number of nitrogens with zero attached hydrogens (tertiary/aromatic N) is 2. The van der Waals surface area contributed by atoms with Gasteiger partial charge in [-0.2, -0.15) is 0 Å². The summed E-state index contributed by atoms with van der Waals surface area (Å²) in [5.41, 5.74) is 7.43. The summed E-state index contributed by atoms with van der Waals surface area (Å²) < 4.78 is 6.37. The van der Waals surface area contributed by atoms with Gasteiger partial charge in [0.05, 0.1) is 17.6 Å². The molecule has 0 unspecified atom stereocenters. The van der Waals surface area contributed by atoms with Gasteiger partial charge in [0.15, 0.2) is 5.78 Å². The number of halogens is 2. The predicted octanol–water partition coefficient (Wildman–Crippen LogP) is 7.28. The van der Waals surface area contributed by atoms with E-state index in [-0.39, 0.29) is 5.78 Å². The molecule has 0 aliphatic heterocycles. The minimum atomic E-state index is 0.0940. The number of ketones is 1. The van der Waals surface area contributed by atoms with Crippen molar-refractivity contribution in [3.8, 4) is 11.1 Å². The Hall–Kier alpha value is -2.63. The van der Waals surface area contributed by atoms with Crippen molar-refractivity contribution >= 4 is 54.3 Å². The van der Waals surface area contributed by atoms with Gasteiger partial charge >= 0.3 is 0 Å². The van der Waals surface area contributed by atoms with Crippen LogP contribution in [0.15, 0.2) is 87.9 Å². The van der Waals surface area contributed by atoms with Crippen molar-refractivity contribution in [3.05, 3.63) is 99.1 Å². The fraction of sp³-hybridized carbons (Fsp3) is 0.0800. The van der Waals surface area contributed by atoms with E-state index in [4.69, 9.17) is 0 Å². The first kappa shape index (κ1) is 19.3. The lowest BCUT2D eigenvalue weighted by molar-refractivity contribution is 0.0974. The van der Waals surface area contributed by atoms with Crippen LogP contribution < -0.4 is 0 Å². The standard InChI is InChI=1S/C25H18Br2N2O/c1-16-21(17-6-10-19(26)11-7-17)14-28-22-4-2-3-5-23(22)29(25(16)28)15-24(30)18-8-12-20(27)13-9-18/h2-14H,15H2,1H3. The van der Waals surface area contributed by atoms with E-state index in [0.29, 0.717) is 12.1 Å². The molecule has 0 amide bonds. The van der Waals surface area contributed by atoms with Crippen LogP contribution in [0.4, 0.5) is 0 Å². The number of aryl methyl sites for hydroxylation is 1. The molecule has 148 valence electrons. The van der Waals surface area contributed by atoms with Gasteiger partial charge in [0, 0.05) is 26.3 Å². The fourth-order valence-electron chi connectivity index (χ4n) is 4.07. The molecular formula is C25H18Br2N2O. The Kier molecular flexibility index (Phi) is 4.88. The summed E-state index contributed by atoms with van der Waals surface area (Å²) in [5.74, 6) is 0.0940. The van der Waals surface area contributed by atoms with Crippen molar-refractivity contribution in [1.82, 2.24) is 8.97 Å². The lowest BCUT2D eigenvalue weighted by Gasteiger charge is -2.08. The second-order valence-electron chi connectivity index (χ2n) is 7.37. The maximum atomic E-state index is 13.1. The van der Waals surface area contributed by atoms with E-state index in [0.717, 1.165) is 36.8 Å². The molecule has 5 heteroatoms. The van der Waals surface area contributed by atoms with E-state index in [1.165, 1.54) is 5.56 Å². The quantitative estimate of drug-likeness (QED) is 0.228. The molecule has 0 aliphatic carbocycles. The van der Waals surface area contributed by atoms with Crippen molar-refractivity contribution < 1.29 is 4.79 Å². The zero-order valence-electron chi connectivity index (χ0n) is 16.3. The van der Waals surface area contributed by atoms with Gasteiger partial charge in [0.1, 0.15) is 5.65 Å². The van der Waals surface area contributed by atoms with Gasteiger partial charge in [-0.15, -0.1) is 0 Å². The van der Waals surface area contributed by atoms with Gasteiger partial charge in [0.2, 0.25) is 0 Å². The topological polar surface area (TPSA) is 26.4 Å². The van der Waals surface area contributed by atoms with Gasteiger partial charge in [-0.1, -0.05) is 68.3 Å². The van der Waals surface area contributed by atoms with E-state index in [1.807, 2.05) is 36.4 Å². The summed E-state index contributed by atoms with van der Waals surface area (Å²) in [6, 6.07) is 24.1. The average Bonchev–Trinajstić information content (AvgIpc) is 3.25. The first-order valence-corrected chi connectivity index (χ1v) is 11.2. The zero-order valence-corrected chi connectivity index (χ0v) is 19.4. The molecule has 0 radical (unpaired) electrons. The fourth-order valence-corrected chi connectivity index (χ4v) is 4.59. The molecule has 0 spiro atoms. The highest BCUT2D eigenvalue weighted by atomic mass is 79.9. The average molecular weight is 522 g/mol. The number of aromatic nitrogens is 2. The Bertz CT molecular complexity index is 1390. The second kappa shape index (κ2) is 7.56. The van der Waals surface area contributed by atoms with Crippen molar-refractivity contribution in [2.24, 2.45) is 0 Å². The van der Waals surface area contributed by atoms with Crippen LogP contribution in [-0.4, -0.2) is 14.8 Å². The normalized spacial score (nSPS) is 11.4. The second-order valence-corrected chi connectivity index (χ2v) is 9.20. The molecule has 0 N–H and O–H groups in total. The van der Waals surface area contributed by atoms with Gasteiger partial charge < -0.3 is 8.97 Å². The Labute approximate surface area is 191 Å². The third kappa shape index (κ3) is 3.22. The van der Waals surface area contributed by atoms with E-state index >= 15 is 0 Å². The highest BCUT2D eigenvalue weighted by Gasteiger charge is 2.19. The summed E-state index contributed by atoms with van der Waals surface area (Å²) in [7, 11) is 0. The number of benzene rings is 3. The molecule has 30 heavy (non-hydrogen) atoms. The largest absolute Gasteiger partial charge is 0.318 e. The van der Waals surface area contributed by atoms with Crippen molar-refractivity contribution in [2.75, 3.05) is 0 Å². The van der Waals surface area contributed by atoms with Gasteiger partial charge in [-0.3, -0.25) is 4.79 Å². The molecule has 5 rings (SSSR count). The third-order valence-electron chi connectivity index (χ3n) is 5.54. The molecule has 0 atom stereocenters. The molecule has 0 fully saturated rings. The van der Waals surface area contributed by atoms with Crippen LogP contribution in [0.1, 0.15) is 15.9 Å². The maximum Gasteiger partial charge on any atom is 0.182 e. The van der Waals surface area contributed by atoms with E-state index in [1.54, 1.807) is 0 Å². The first-order chi connectivity index (χ1) is 14.5. The molecular weight excluding hydrogens is 504 g/mol. The van der Waals surface area contributed by atoms with Crippen molar-refractivity contribution in [3.63, 3.8) is 0 Å². The van der Waals surface area contributed by atoms with E-state index < -0.39 is 0 Å². The molecule has 5 aromatic rings. The Morgan fingerprint density at radius 2 is 1.43 bits per heavy atom. The van der Waals surface area contributed by atoms with E-state index in [2.05, 4.69) is 90.3 Å². The number of carbonyl (C=O) groups excluding carboxylic acids is 1. The molecule has 3 nitrogen and oxygen atoms in total. The van der Waals surface area contributed by atoms with Crippen LogP contribution in [0.3, 0.4) is 0 Å². The van der Waals surface area contributed by atoms with Gasteiger partial charge in [0.25, 0.3) is 0 Å². The number of imidazole rings is 1. The maximum absolute atomic E-state index is 13.1. The molecule has 0 aliphatic rings. The number of carbonyl (C=O) groups is 1. The summed E-state index contributed by atoms with van der Waals surface area (Å²) in [4.78, 5) is 13.1. The Balaban J connectivity index is 1.68. The summed E-state index contributed by atoms with van der Waals surface area (Å²) in [6.45, 7) is 2.43. The predicted molar refractivity (Wildman–Crippen MR) is 129 cm³/mol.